The van der Waals surface area contributed by atoms with Crippen molar-refractivity contribution in [2.24, 2.45) is 13.0 Å². The number of nitrogens with zero attached hydrogens (tertiary/aromatic N) is 3. The number of amides is 1. The van der Waals surface area contributed by atoms with E-state index >= 15 is 0 Å². The molecule has 1 saturated heterocycles. The van der Waals surface area contributed by atoms with Crippen LogP contribution in [0.3, 0.4) is 0 Å². The fraction of sp³-hybridized carbons (Fsp3) is 0.529. The van der Waals surface area contributed by atoms with E-state index in [1.807, 2.05) is 31.7 Å². The van der Waals surface area contributed by atoms with E-state index in [0.29, 0.717) is 24.7 Å². The van der Waals surface area contributed by atoms with Crippen LogP contribution in [0, 0.1) is 19.8 Å². The molecule has 0 spiro atoms. The van der Waals surface area contributed by atoms with Crippen molar-refractivity contribution in [1.82, 2.24) is 14.5 Å². The first-order chi connectivity index (χ1) is 11.0. The highest BCUT2D eigenvalue weighted by atomic mass is 16.4. The van der Waals surface area contributed by atoms with Gasteiger partial charge in [-0.05, 0) is 38.3 Å². The van der Waals surface area contributed by atoms with Gasteiger partial charge in [0.2, 0.25) is 0 Å². The Morgan fingerprint density at radius 2 is 2.26 bits per heavy atom. The highest BCUT2D eigenvalue weighted by molar-refractivity contribution is 5.91. The quantitative estimate of drug-likeness (QED) is 0.942. The molecule has 2 unspecified atom stereocenters. The monoisotopic (exact) mass is 317 g/mol. The smallest absolute Gasteiger partial charge is 0.289 e. The summed E-state index contributed by atoms with van der Waals surface area (Å²) in [6.45, 7) is 5.00. The predicted molar refractivity (Wildman–Crippen MR) is 85.0 cm³/mol. The van der Waals surface area contributed by atoms with E-state index in [1.165, 1.54) is 0 Å². The molecule has 1 fully saturated rings. The number of aryl methyl sites for hydroxylation is 3. The van der Waals surface area contributed by atoms with E-state index in [4.69, 9.17) is 4.42 Å². The van der Waals surface area contributed by atoms with E-state index in [9.17, 15) is 9.90 Å². The molecule has 1 amide bonds. The highest BCUT2D eigenvalue weighted by Gasteiger charge is 2.32. The molecule has 0 bridgehead atoms. The summed E-state index contributed by atoms with van der Waals surface area (Å²) in [7, 11) is 1.87. The van der Waals surface area contributed by atoms with E-state index in [-0.39, 0.29) is 11.8 Å². The molecule has 3 rings (SSSR count). The zero-order valence-electron chi connectivity index (χ0n) is 13.8. The van der Waals surface area contributed by atoms with Gasteiger partial charge in [0.15, 0.2) is 5.76 Å². The number of carbonyl (C=O) groups is 1. The van der Waals surface area contributed by atoms with Crippen LogP contribution in [0.4, 0.5) is 0 Å². The summed E-state index contributed by atoms with van der Waals surface area (Å²) in [6, 6.07) is 1.79. The van der Waals surface area contributed by atoms with Gasteiger partial charge in [0.05, 0.1) is 0 Å². The lowest BCUT2D eigenvalue weighted by Gasteiger charge is -2.34. The molecule has 6 heteroatoms. The number of imidazole rings is 1. The maximum absolute atomic E-state index is 12.6. The standard InChI is InChI=1S/C17H23N3O3/c1-11-9-14(23-12(11)2)17(22)20-7-4-5-13(10-20)15(21)16-18-6-8-19(16)3/h6,8-9,13,15,21H,4-5,7,10H2,1-3H3. The Bertz CT molecular complexity index is 684. The van der Waals surface area contributed by atoms with Crippen molar-refractivity contribution < 1.29 is 14.3 Å². The van der Waals surface area contributed by atoms with Crippen molar-refractivity contribution in [3.63, 3.8) is 0 Å². The topological polar surface area (TPSA) is 71.5 Å². The summed E-state index contributed by atoms with van der Waals surface area (Å²) in [4.78, 5) is 18.6. The lowest BCUT2D eigenvalue weighted by Crippen LogP contribution is -2.41. The Labute approximate surface area is 135 Å². The maximum atomic E-state index is 12.6. The lowest BCUT2D eigenvalue weighted by atomic mass is 9.92. The summed E-state index contributed by atoms with van der Waals surface area (Å²) in [5.41, 5.74) is 0.981. The fourth-order valence-electron chi connectivity index (χ4n) is 3.16. The van der Waals surface area contributed by atoms with Crippen LogP contribution in [0.2, 0.25) is 0 Å². The molecule has 23 heavy (non-hydrogen) atoms. The van der Waals surface area contributed by atoms with Gasteiger partial charge in [-0.25, -0.2) is 4.98 Å². The predicted octanol–water partition coefficient (Wildman–Crippen LogP) is 2.22. The number of carbonyl (C=O) groups excluding carboxylic acids is 1. The minimum absolute atomic E-state index is 0.00837. The molecule has 3 heterocycles. The van der Waals surface area contributed by atoms with Gasteiger partial charge in [-0.2, -0.15) is 0 Å². The minimum Gasteiger partial charge on any atom is -0.456 e. The average molecular weight is 317 g/mol. The van der Waals surface area contributed by atoms with Crippen LogP contribution in [0.25, 0.3) is 0 Å². The fourth-order valence-corrected chi connectivity index (χ4v) is 3.16. The molecule has 0 saturated carbocycles. The van der Waals surface area contributed by atoms with E-state index in [1.54, 1.807) is 17.2 Å². The normalized spacial score (nSPS) is 19.8. The van der Waals surface area contributed by atoms with E-state index < -0.39 is 6.10 Å². The first-order valence-electron chi connectivity index (χ1n) is 7.99. The van der Waals surface area contributed by atoms with E-state index in [2.05, 4.69) is 4.98 Å². The number of piperidine rings is 1. The second-order valence-electron chi connectivity index (χ2n) is 6.34. The molecular formula is C17H23N3O3. The van der Waals surface area contributed by atoms with Gasteiger partial charge in [0.25, 0.3) is 5.91 Å². The van der Waals surface area contributed by atoms with Crippen molar-refractivity contribution in [3.05, 3.63) is 41.4 Å². The zero-order chi connectivity index (χ0) is 16.6. The Morgan fingerprint density at radius 3 is 2.87 bits per heavy atom. The number of aromatic nitrogens is 2. The van der Waals surface area contributed by atoms with Crippen LogP contribution in [0.15, 0.2) is 22.9 Å². The molecule has 124 valence electrons. The number of hydrogen-bond donors (Lipinski definition) is 1. The van der Waals surface area contributed by atoms with Gasteiger partial charge in [0, 0.05) is 38.4 Å². The van der Waals surface area contributed by atoms with Crippen molar-refractivity contribution in [3.8, 4) is 0 Å². The van der Waals surface area contributed by atoms with Crippen molar-refractivity contribution in [2.45, 2.75) is 32.8 Å². The van der Waals surface area contributed by atoms with Gasteiger partial charge < -0.3 is 19.0 Å². The van der Waals surface area contributed by atoms with Gasteiger partial charge in [-0.1, -0.05) is 0 Å². The maximum Gasteiger partial charge on any atom is 0.289 e. The third-order valence-corrected chi connectivity index (χ3v) is 4.69. The van der Waals surface area contributed by atoms with Crippen LogP contribution in [-0.2, 0) is 7.05 Å². The lowest BCUT2D eigenvalue weighted by molar-refractivity contribution is 0.0340. The molecule has 2 aromatic rings. The summed E-state index contributed by atoms with van der Waals surface area (Å²) < 4.78 is 7.37. The number of furan rings is 1. The molecule has 0 aromatic carbocycles. The van der Waals surface area contributed by atoms with Gasteiger partial charge >= 0.3 is 0 Å². The third-order valence-electron chi connectivity index (χ3n) is 4.69. The second kappa shape index (κ2) is 6.20. The minimum atomic E-state index is -0.661. The summed E-state index contributed by atoms with van der Waals surface area (Å²) >= 11 is 0. The van der Waals surface area contributed by atoms with Gasteiger partial charge in [0.1, 0.15) is 17.7 Å². The van der Waals surface area contributed by atoms with Gasteiger partial charge in [-0.15, -0.1) is 0 Å². The Hall–Kier alpha value is -2.08. The Morgan fingerprint density at radius 1 is 1.48 bits per heavy atom. The Kier molecular flexibility index (Phi) is 4.26. The number of hydrogen-bond acceptors (Lipinski definition) is 4. The molecule has 6 nitrogen and oxygen atoms in total. The van der Waals surface area contributed by atoms with Crippen molar-refractivity contribution in [1.29, 1.82) is 0 Å². The van der Waals surface area contributed by atoms with Crippen LogP contribution < -0.4 is 0 Å². The third kappa shape index (κ3) is 3.03. The molecule has 1 N–H and O–H groups in total. The summed E-state index contributed by atoms with van der Waals surface area (Å²) in [6.07, 6.45) is 4.59. The highest BCUT2D eigenvalue weighted by Crippen LogP contribution is 2.29. The first kappa shape index (κ1) is 15.8. The van der Waals surface area contributed by atoms with E-state index in [0.717, 1.165) is 24.2 Å². The molecule has 2 aromatic heterocycles. The Balaban J connectivity index is 1.73. The second-order valence-corrected chi connectivity index (χ2v) is 6.34. The molecule has 1 aliphatic heterocycles. The van der Waals surface area contributed by atoms with Crippen LogP contribution in [0.5, 0.6) is 0 Å². The number of aliphatic hydroxyl groups excluding tert-OH is 1. The number of likely N-dealkylation sites (tertiary alicyclic amines) is 1. The van der Waals surface area contributed by atoms with Crippen LogP contribution in [-0.4, -0.2) is 38.6 Å². The molecule has 0 aliphatic carbocycles. The summed E-state index contributed by atoms with van der Waals surface area (Å²) in [5.74, 6) is 1.69. The van der Waals surface area contributed by atoms with Gasteiger partial charge in [-0.3, -0.25) is 4.79 Å². The molecule has 1 aliphatic rings. The van der Waals surface area contributed by atoms with Crippen LogP contribution in [0.1, 0.15) is 46.6 Å². The number of rotatable bonds is 3. The summed E-state index contributed by atoms with van der Waals surface area (Å²) in [5, 5.41) is 10.6. The molecule has 2 atom stereocenters. The molecular weight excluding hydrogens is 294 g/mol. The SMILES string of the molecule is Cc1cc(C(=O)N2CCCC(C(O)c3nccn3C)C2)oc1C. The largest absolute Gasteiger partial charge is 0.456 e. The number of aliphatic hydroxyl groups is 1. The van der Waals surface area contributed by atoms with Crippen molar-refractivity contribution >= 4 is 5.91 Å². The average Bonchev–Trinajstić information content (AvgIpc) is 3.12. The van der Waals surface area contributed by atoms with Crippen molar-refractivity contribution in [2.75, 3.05) is 13.1 Å². The van der Waals surface area contributed by atoms with Crippen LogP contribution >= 0.6 is 0 Å². The zero-order valence-corrected chi connectivity index (χ0v) is 13.8. The first-order valence-corrected chi connectivity index (χ1v) is 7.99. The molecule has 0 radical (unpaired) electrons.